The topological polar surface area (TPSA) is 54.4 Å². The van der Waals surface area contributed by atoms with Crippen LogP contribution in [0.1, 0.15) is 31.1 Å². The molecule has 2 rings (SSSR count). The molecule has 0 radical (unpaired) electrons. The van der Waals surface area contributed by atoms with Crippen LogP contribution in [0.4, 0.5) is 0 Å². The average molecular weight is 224 g/mol. The van der Waals surface area contributed by atoms with Crippen LogP contribution in [0.2, 0.25) is 0 Å². The van der Waals surface area contributed by atoms with Crippen molar-refractivity contribution < 1.29 is 13.5 Å². The third-order valence-corrected chi connectivity index (χ3v) is 4.49. The van der Waals surface area contributed by atoms with E-state index in [9.17, 15) is 13.5 Å². The quantitative estimate of drug-likeness (QED) is 0.792. The Kier molecular flexibility index (Phi) is 2.20. The van der Waals surface area contributed by atoms with Gasteiger partial charge in [-0.15, -0.1) is 0 Å². The first kappa shape index (κ1) is 10.4. The van der Waals surface area contributed by atoms with E-state index < -0.39 is 15.9 Å². The molecule has 1 N–H and O–H groups in total. The zero-order valence-corrected chi connectivity index (χ0v) is 9.38. The Bertz CT molecular complexity index is 539. The van der Waals surface area contributed by atoms with Crippen molar-refractivity contribution in [3.8, 4) is 0 Å². The number of aliphatic hydroxyl groups is 1. The van der Waals surface area contributed by atoms with Gasteiger partial charge in [-0.1, -0.05) is 12.1 Å². The van der Waals surface area contributed by atoms with E-state index in [1.165, 1.54) is 0 Å². The monoisotopic (exact) mass is 224 g/mol. The molecule has 1 aliphatic heterocycles. The second-order valence-corrected chi connectivity index (χ2v) is 5.82. The molecule has 3 nitrogen and oxygen atoms in total. The van der Waals surface area contributed by atoms with E-state index in [1.54, 1.807) is 38.1 Å². The number of rotatable bonds is 1. The van der Waals surface area contributed by atoms with Gasteiger partial charge in [0.15, 0.2) is 0 Å². The van der Waals surface area contributed by atoms with Crippen molar-refractivity contribution in [1.29, 1.82) is 0 Å². The molecule has 1 aliphatic rings. The predicted molar refractivity (Wildman–Crippen MR) is 57.9 cm³/mol. The molecule has 1 atom stereocenters. The Morgan fingerprint density at radius 2 is 2.00 bits per heavy atom. The Hall–Kier alpha value is -1.13. The Labute approximate surface area is 89.0 Å². The Balaban J connectivity index is 2.66. The fourth-order valence-corrected chi connectivity index (χ4v) is 2.99. The number of fused-ring (bicyclic) bond motifs is 1. The average Bonchev–Trinajstić information content (AvgIpc) is 2.38. The SMILES string of the molecule is CC1=Cc2ccc(C(C)O)cc2S1(=O)=O. The molecule has 0 amide bonds. The smallest absolute Gasteiger partial charge is 0.203 e. The van der Waals surface area contributed by atoms with Crippen molar-refractivity contribution in [3.63, 3.8) is 0 Å². The molecule has 1 aromatic carbocycles. The molecule has 0 aromatic heterocycles. The number of hydrogen-bond donors (Lipinski definition) is 1. The molecule has 15 heavy (non-hydrogen) atoms. The van der Waals surface area contributed by atoms with E-state index in [0.717, 1.165) is 0 Å². The number of hydrogen-bond acceptors (Lipinski definition) is 3. The first-order chi connectivity index (χ1) is 6.93. The largest absolute Gasteiger partial charge is 0.389 e. The number of aliphatic hydroxyl groups excluding tert-OH is 1. The van der Waals surface area contributed by atoms with Crippen molar-refractivity contribution in [2.75, 3.05) is 0 Å². The molecule has 80 valence electrons. The van der Waals surface area contributed by atoms with Gasteiger partial charge in [0, 0.05) is 4.91 Å². The van der Waals surface area contributed by atoms with Gasteiger partial charge in [0.25, 0.3) is 0 Å². The molecule has 0 bridgehead atoms. The van der Waals surface area contributed by atoms with E-state index in [4.69, 9.17) is 0 Å². The maximum absolute atomic E-state index is 11.8. The lowest BCUT2D eigenvalue weighted by Gasteiger charge is -2.06. The maximum atomic E-state index is 11.8. The highest BCUT2D eigenvalue weighted by Crippen LogP contribution is 2.33. The standard InChI is InChI=1S/C11H12O3S/c1-7-5-10-4-3-9(8(2)12)6-11(10)15(7,13)14/h3-6,8,12H,1-2H3. The fourth-order valence-electron chi connectivity index (χ4n) is 1.63. The van der Waals surface area contributed by atoms with Crippen LogP contribution >= 0.6 is 0 Å². The van der Waals surface area contributed by atoms with E-state index in [1.807, 2.05) is 0 Å². The van der Waals surface area contributed by atoms with Gasteiger partial charge >= 0.3 is 0 Å². The highest BCUT2D eigenvalue weighted by atomic mass is 32.2. The van der Waals surface area contributed by atoms with Crippen molar-refractivity contribution in [2.24, 2.45) is 0 Å². The van der Waals surface area contributed by atoms with Gasteiger partial charge in [0.1, 0.15) is 0 Å². The summed E-state index contributed by atoms with van der Waals surface area (Å²) < 4.78 is 23.6. The molecule has 0 aliphatic carbocycles. The van der Waals surface area contributed by atoms with Crippen LogP contribution < -0.4 is 0 Å². The van der Waals surface area contributed by atoms with Gasteiger partial charge < -0.3 is 5.11 Å². The summed E-state index contributed by atoms with van der Waals surface area (Å²) in [6.07, 6.45) is 1.00. The lowest BCUT2D eigenvalue weighted by atomic mass is 10.1. The van der Waals surface area contributed by atoms with Gasteiger partial charge in [0.2, 0.25) is 9.84 Å². The third-order valence-electron chi connectivity index (χ3n) is 2.59. The minimum absolute atomic E-state index is 0.304. The summed E-state index contributed by atoms with van der Waals surface area (Å²) in [5.74, 6) is 0. The van der Waals surface area contributed by atoms with Gasteiger partial charge in [-0.05, 0) is 37.1 Å². The van der Waals surface area contributed by atoms with Crippen molar-refractivity contribution in [1.82, 2.24) is 0 Å². The summed E-state index contributed by atoms with van der Waals surface area (Å²) in [7, 11) is -3.29. The second kappa shape index (κ2) is 3.18. The van der Waals surface area contributed by atoms with Crippen LogP contribution in [0.15, 0.2) is 28.0 Å². The summed E-state index contributed by atoms with van der Waals surface area (Å²) in [6.45, 7) is 3.20. The fraction of sp³-hybridized carbons (Fsp3) is 0.273. The molecule has 1 heterocycles. The predicted octanol–water partition coefficient (Wildman–Crippen LogP) is 1.89. The lowest BCUT2D eigenvalue weighted by molar-refractivity contribution is 0.199. The highest BCUT2D eigenvalue weighted by molar-refractivity contribution is 7.95. The van der Waals surface area contributed by atoms with Gasteiger partial charge in [0.05, 0.1) is 11.0 Å². The summed E-state index contributed by atoms with van der Waals surface area (Å²) in [4.78, 5) is 0.665. The zero-order valence-electron chi connectivity index (χ0n) is 8.56. The lowest BCUT2D eigenvalue weighted by Crippen LogP contribution is -2.00. The summed E-state index contributed by atoms with van der Waals surface area (Å²) >= 11 is 0. The molecular weight excluding hydrogens is 212 g/mol. The van der Waals surface area contributed by atoms with Crippen LogP contribution in [0.25, 0.3) is 6.08 Å². The molecule has 1 unspecified atom stereocenters. The van der Waals surface area contributed by atoms with Crippen LogP contribution in [0.3, 0.4) is 0 Å². The summed E-state index contributed by atoms with van der Waals surface area (Å²) in [5, 5.41) is 9.38. The van der Waals surface area contributed by atoms with E-state index in [-0.39, 0.29) is 0 Å². The second-order valence-electron chi connectivity index (χ2n) is 3.73. The Morgan fingerprint density at radius 1 is 1.33 bits per heavy atom. The van der Waals surface area contributed by atoms with Crippen LogP contribution in [-0.4, -0.2) is 13.5 Å². The van der Waals surface area contributed by atoms with Crippen LogP contribution in [-0.2, 0) is 9.84 Å². The maximum Gasteiger partial charge on any atom is 0.203 e. The third kappa shape index (κ3) is 1.50. The molecule has 4 heteroatoms. The van der Waals surface area contributed by atoms with Crippen molar-refractivity contribution in [2.45, 2.75) is 24.8 Å². The molecule has 0 fully saturated rings. The first-order valence-electron chi connectivity index (χ1n) is 4.68. The normalized spacial score (nSPS) is 19.5. The molecule has 0 spiro atoms. The zero-order chi connectivity index (χ0) is 11.2. The van der Waals surface area contributed by atoms with Gasteiger partial charge in [-0.3, -0.25) is 0 Å². The molecule has 0 saturated heterocycles. The highest BCUT2D eigenvalue weighted by Gasteiger charge is 2.26. The number of benzene rings is 1. The van der Waals surface area contributed by atoms with Crippen LogP contribution in [0.5, 0.6) is 0 Å². The molecule has 0 saturated carbocycles. The van der Waals surface area contributed by atoms with E-state index in [0.29, 0.717) is 20.9 Å². The number of sulfone groups is 1. The minimum Gasteiger partial charge on any atom is -0.389 e. The molecular formula is C11H12O3S. The van der Waals surface area contributed by atoms with Gasteiger partial charge in [-0.2, -0.15) is 0 Å². The van der Waals surface area contributed by atoms with Crippen molar-refractivity contribution >= 4 is 15.9 Å². The summed E-state index contributed by atoms with van der Waals surface area (Å²) in [6, 6.07) is 5.02. The van der Waals surface area contributed by atoms with Gasteiger partial charge in [-0.25, -0.2) is 8.42 Å². The van der Waals surface area contributed by atoms with E-state index >= 15 is 0 Å². The first-order valence-corrected chi connectivity index (χ1v) is 6.16. The van der Waals surface area contributed by atoms with E-state index in [2.05, 4.69) is 0 Å². The molecule has 1 aromatic rings. The number of allylic oxidation sites excluding steroid dienone is 1. The minimum atomic E-state index is -3.29. The van der Waals surface area contributed by atoms with Crippen LogP contribution in [0, 0.1) is 0 Å². The Morgan fingerprint density at radius 3 is 2.60 bits per heavy atom. The summed E-state index contributed by atoms with van der Waals surface area (Å²) in [5.41, 5.74) is 1.33. The van der Waals surface area contributed by atoms with Crippen molar-refractivity contribution in [3.05, 3.63) is 34.2 Å².